The Labute approximate surface area is 280 Å². The summed E-state index contributed by atoms with van der Waals surface area (Å²) in [5.74, 6) is 0.912. The average molecular weight is 615 g/mol. The van der Waals surface area contributed by atoms with Gasteiger partial charge in [-0.15, -0.1) is 0 Å². The van der Waals surface area contributed by atoms with Crippen LogP contribution in [0.3, 0.4) is 0 Å². The van der Waals surface area contributed by atoms with Gasteiger partial charge in [0.25, 0.3) is 0 Å². The second-order valence-corrected chi connectivity index (χ2v) is 12.8. The summed E-state index contributed by atoms with van der Waals surface area (Å²) in [6.45, 7) is 5.90. The summed E-state index contributed by atoms with van der Waals surface area (Å²) < 4.78 is 6.16. The fraction of sp³-hybridized carbons (Fsp3) is 0.0638. The molecule has 0 aliphatic heterocycles. The molecule has 9 rings (SSSR count). The highest BCUT2D eigenvalue weighted by atomic mass is 16.3. The maximum absolute atomic E-state index is 6.16. The molecule has 1 aromatic heterocycles. The molecule has 1 heteroatoms. The summed E-state index contributed by atoms with van der Waals surface area (Å²) in [6.07, 6.45) is 12.9. The van der Waals surface area contributed by atoms with E-state index < -0.39 is 0 Å². The number of furan rings is 1. The van der Waals surface area contributed by atoms with Gasteiger partial charge < -0.3 is 4.42 Å². The van der Waals surface area contributed by atoms with E-state index in [0.29, 0.717) is 0 Å². The smallest absolute Gasteiger partial charge is 0.134 e. The molecule has 228 valence electrons. The summed E-state index contributed by atoms with van der Waals surface area (Å²) >= 11 is 0. The van der Waals surface area contributed by atoms with Gasteiger partial charge in [-0.1, -0.05) is 134 Å². The zero-order valence-electron chi connectivity index (χ0n) is 27.0. The van der Waals surface area contributed by atoms with Crippen LogP contribution in [0.25, 0.3) is 94.9 Å². The quantitative estimate of drug-likeness (QED) is 0.139. The van der Waals surface area contributed by atoms with Gasteiger partial charge in [0.15, 0.2) is 0 Å². The first-order valence-electron chi connectivity index (χ1n) is 16.8. The van der Waals surface area contributed by atoms with Crippen molar-refractivity contribution in [3.05, 3.63) is 162 Å². The van der Waals surface area contributed by atoms with Crippen LogP contribution in [0.5, 0.6) is 0 Å². The largest absolute Gasteiger partial charge is 0.461 e. The van der Waals surface area contributed by atoms with E-state index in [1.165, 1.54) is 76.1 Å². The standard InChI is InChI=1S/C47H34O/c1-3-4-16-35-30(2)48-45-26-25-34(29-44(35)45)47-40-21-12-10-19-38(40)46(39-20-11-13-22-41(39)47)33-24-23-32-27-42(31-14-6-5-7-15-31)36-17-8-9-18-37(36)43(32)28-33/h3-7,10-29H,1,8-9H2,2H3/b16-4-. The molecule has 1 aliphatic rings. The Bertz CT molecular complexity index is 2680. The van der Waals surface area contributed by atoms with Crippen LogP contribution in [0.2, 0.25) is 0 Å². The molecule has 48 heavy (non-hydrogen) atoms. The van der Waals surface area contributed by atoms with Crippen molar-refractivity contribution in [3.8, 4) is 33.4 Å². The Morgan fingerprint density at radius 1 is 0.562 bits per heavy atom. The number of hydrogen-bond acceptors (Lipinski definition) is 1. The van der Waals surface area contributed by atoms with Crippen LogP contribution >= 0.6 is 0 Å². The van der Waals surface area contributed by atoms with Crippen LogP contribution < -0.4 is 10.4 Å². The Hall–Kier alpha value is -5.92. The third-order valence-electron chi connectivity index (χ3n) is 9.99. The van der Waals surface area contributed by atoms with Gasteiger partial charge in [-0.3, -0.25) is 0 Å². The molecule has 0 fully saturated rings. The third-order valence-corrected chi connectivity index (χ3v) is 9.99. The van der Waals surface area contributed by atoms with Crippen LogP contribution in [0.15, 0.2) is 144 Å². The highest BCUT2D eigenvalue weighted by Gasteiger charge is 2.19. The molecule has 0 unspecified atom stereocenters. The molecule has 0 spiro atoms. The van der Waals surface area contributed by atoms with Gasteiger partial charge in [-0.25, -0.2) is 0 Å². The van der Waals surface area contributed by atoms with Crippen LogP contribution in [0.1, 0.15) is 24.2 Å². The zero-order valence-corrected chi connectivity index (χ0v) is 27.0. The second kappa shape index (κ2) is 11.4. The van der Waals surface area contributed by atoms with Gasteiger partial charge in [0.05, 0.1) is 0 Å². The molecule has 1 nitrogen and oxygen atoms in total. The van der Waals surface area contributed by atoms with Crippen molar-refractivity contribution in [3.63, 3.8) is 0 Å². The lowest BCUT2D eigenvalue weighted by atomic mass is 9.85. The monoisotopic (exact) mass is 614 g/mol. The Kier molecular flexibility index (Phi) is 6.73. The first kappa shape index (κ1) is 28.3. The normalized spacial score (nSPS) is 12.9. The molecule has 7 aromatic carbocycles. The molecule has 0 radical (unpaired) electrons. The number of benzene rings is 7. The lowest BCUT2D eigenvalue weighted by molar-refractivity contribution is 0.577. The van der Waals surface area contributed by atoms with Crippen LogP contribution in [-0.4, -0.2) is 0 Å². The minimum Gasteiger partial charge on any atom is -0.461 e. The topological polar surface area (TPSA) is 13.1 Å². The van der Waals surface area contributed by atoms with Crippen molar-refractivity contribution in [2.75, 3.05) is 0 Å². The highest BCUT2D eigenvalue weighted by molar-refractivity contribution is 6.22. The van der Waals surface area contributed by atoms with Crippen molar-refractivity contribution < 1.29 is 4.42 Å². The van der Waals surface area contributed by atoms with Crippen molar-refractivity contribution >= 4 is 61.5 Å². The molecule has 1 heterocycles. The fourth-order valence-electron chi connectivity index (χ4n) is 7.86. The van der Waals surface area contributed by atoms with Gasteiger partial charge in [0.2, 0.25) is 0 Å². The lowest BCUT2D eigenvalue weighted by Gasteiger charge is -2.18. The van der Waals surface area contributed by atoms with Crippen molar-refractivity contribution in [1.82, 2.24) is 0 Å². The zero-order chi connectivity index (χ0) is 32.2. The molecular formula is C47H34O. The number of aryl methyl sites for hydroxylation is 1. The first-order valence-corrected chi connectivity index (χ1v) is 16.8. The summed E-state index contributed by atoms with van der Waals surface area (Å²) in [7, 11) is 0. The van der Waals surface area contributed by atoms with E-state index in [4.69, 9.17) is 4.42 Å². The van der Waals surface area contributed by atoms with E-state index in [-0.39, 0.29) is 0 Å². The van der Waals surface area contributed by atoms with Crippen molar-refractivity contribution in [2.45, 2.75) is 19.8 Å². The molecule has 0 saturated heterocycles. The summed E-state index contributed by atoms with van der Waals surface area (Å²) in [5.41, 5.74) is 9.53. The van der Waals surface area contributed by atoms with Gasteiger partial charge in [-0.2, -0.15) is 0 Å². The Morgan fingerprint density at radius 3 is 1.79 bits per heavy atom. The third kappa shape index (κ3) is 4.47. The van der Waals surface area contributed by atoms with E-state index in [1.54, 1.807) is 0 Å². The molecular weight excluding hydrogens is 581 g/mol. The number of rotatable bonds is 5. The van der Waals surface area contributed by atoms with Crippen molar-refractivity contribution in [2.24, 2.45) is 0 Å². The Balaban J connectivity index is 1.32. The maximum Gasteiger partial charge on any atom is 0.134 e. The summed E-state index contributed by atoms with van der Waals surface area (Å²) in [4.78, 5) is 0. The second-order valence-electron chi connectivity index (χ2n) is 12.8. The van der Waals surface area contributed by atoms with Crippen LogP contribution in [-0.2, 0) is 0 Å². The van der Waals surface area contributed by atoms with E-state index in [9.17, 15) is 0 Å². The Morgan fingerprint density at radius 2 is 1.15 bits per heavy atom. The molecule has 8 aromatic rings. The van der Waals surface area contributed by atoms with E-state index in [1.807, 2.05) is 19.1 Å². The summed E-state index contributed by atoms with van der Waals surface area (Å²) in [5, 5.41) is 11.4. The minimum absolute atomic E-state index is 0.897. The molecule has 0 saturated carbocycles. The highest BCUT2D eigenvalue weighted by Crippen LogP contribution is 2.45. The van der Waals surface area contributed by atoms with E-state index >= 15 is 0 Å². The van der Waals surface area contributed by atoms with Crippen molar-refractivity contribution in [1.29, 1.82) is 0 Å². The first-order chi connectivity index (χ1) is 23.7. The predicted octanol–water partition coefficient (Wildman–Crippen LogP) is 11.8. The van der Waals surface area contributed by atoms with E-state index in [0.717, 1.165) is 35.1 Å². The lowest BCUT2D eigenvalue weighted by Crippen LogP contribution is -2.29. The van der Waals surface area contributed by atoms with Gasteiger partial charge in [0, 0.05) is 10.9 Å². The van der Waals surface area contributed by atoms with E-state index in [2.05, 4.69) is 146 Å². The van der Waals surface area contributed by atoms with Gasteiger partial charge in [0.1, 0.15) is 11.3 Å². The van der Waals surface area contributed by atoms with Crippen LogP contribution in [0, 0.1) is 6.92 Å². The number of allylic oxidation sites excluding steroid dienone is 2. The average Bonchev–Trinajstić information content (AvgIpc) is 3.46. The van der Waals surface area contributed by atoms with Gasteiger partial charge in [-0.05, 0) is 120 Å². The minimum atomic E-state index is 0.897. The van der Waals surface area contributed by atoms with Crippen LogP contribution in [0.4, 0.5) is 0 Å². The molecule has 0 atom stereocenters. The number of hydrogen-bond donors (Lipinski definition) is 0. The maximum atomic E-state index is 6.16. The summed E-state index contributed by atoms with van der Waals surface area (Å²) in [6, 6.07) is 44.7. The molecule has 0 bridgehead atoms. The number of fused-ring (bicyclic) bond motifs is 6. The molecule has 0 N–H and O–H groups in total. The van der Waals surface area contributed by atoms with Gasteiger partial charge >= 0.3 is 0 Å². The predicted molar refractivity (Wildman–Crippen MR) is 206 cm³/mol. The molecule has 1 aliphatic carbocycles. The fourth-order valence-corrected chi connectivity index (χ4v) is 7.86. The SMILES string of the molecule is C=C/C=C\c1c(C)oc2ccc(-c3c4ccccc4c(-c4ccc5cc(-c6ccccc6)c6c(c5c4)=CCCC=6)c4ccccc34)cc12. The molecule has 0 amide bonds.